The molecule has 2 heterocycles. The van der Waals surface area contributed by atoms with Crippen molar-refractivity contribution in [3.63, 3.8) is 0 Å². The van der Waals surface area contributed by atoms with Crippen LogP contribution >= 0.6 is 0 Å². The quantitative estimate of drug-likeness (QED) is 0.764. The first-order valence-corrected chi connectivity index (χ1v) is 6.70. The molecule has 1 fully saturated rings. The van der Waals surface area contributed by atoms with Gasteiger partial charge in [-0.15, -0.1) is 0 Å². The molecule has 0 saturated carbocycles. The number of hydrogen-bond acceptors (Lipinski definition) is 4. The Kier molecular flexibility index (Phi) is 3.69. The number of Topliss-reactive ketones (excluding diaryl/α,β-unsaturated/α-hetero) is 1. The number of ether oxygens (including phenoxy) is 1. The third-order valence-corrected chi connectivity index (χ3v) is 3.69. The molecule has 1 atom stereocenters. The Hall–Kier alpha value is -1.69. The molecule has 6 nitrogen and oxygen atoms in total. The number of aromatic nitrogens is 2. The summed E-state index contributed by atoms with van der Waals surface area (Å²) in [5.74, 6) is -0.341. The van der Waals surface area contributed by atoms with E-state index >= 15 is 0 Å². The zero-order chi connectivity index (χ0) is 15.1. The molecule has 0 radical (unpaired) electrons. The van der Waals surface area contributed by atoms with Gasteiger partial charge in [0.2, 0.25) is 0 Å². The Morgan fingerprint density at radius 2 is 2.10 bits per heavy atom. The highest BCUT2D eigenvalue weighted by molar-refractivity contribution is 5.93. The van der Waals surface area contributed by atoms with Crippen LogP contribution in [0.5, 0.6) is 0 Å². The molecule has 1 aromatic heterocycles. The molecule has 1 aromatic rings. The Bertz CT molecular complexity index is 654. The van der Waals surface area contributed by atoms with Gasteiger partial charge in [-0.2, -0.15) is 0 Å². The SMILES string of the molecule is CC(=O)c1cn(CC2CCC(C)(C)O2)c(=O)n(C)c1=O. The van der Waals surface area contributed by atoms with E-state index in [1.54, 1.807) is 0 Å². The van der Waals surface area contributed by atoms with Crippen LogP contribution in [-0.2, 0) is 18.3 Å². The maximum Gasteiger partial charge on any atom is 0.330 e. The van der Waals surface area contributed by atoms with E-state index in [1.165, 1.54) is 24.7 Å². The van der Waals surface area contributed by atoms with Crippen LogP contribution in [0.3, 0.4) is 0 Å². The molecule has 0 aliphatic carbocycles. The molecule has 1 aliphatic rings. The van der Waals surface area contributed by atoms with Gasteiger partial charge in [0.05, 0.1) is 23.8 Å². The van der Waals surface area contributed by atoms with Gasteiger partial charge in [0.1, 0.15) is 0 Å². The number of rotatable bonds is 3. The van der Waals surface area contributed by atoms with Gasteiger partial charge in [0.15, 0.2) is 5.78 Å². The smallest absolute Gasteiger partial charge is 0.330 e. The van der Waals surface area contributed by atoms with Crippen molar-refractivity contribution in [3.8, 4) is 0 Å². The minimum absolute atomic E-state index is 0.0318. The minimum atomic E-state index is -0.550. The molecule has 110 valence electrons. The van der Waals surface area contributed by atoms with Gasteiger partial charge in [-0.3, -0.25) is 18.7 Å². The Morgan fingerprint density at radius 3 is 2.60 bits per heavy atom. The summed E-state index contributed by atoms with van der Waals surface area (Å²) in [4.78, 5) is 35.4. The van der Waals surface area contributed by atoms with Crippen molar-refractivity contribution < 1.29 is 9.53 Å². The highest BCUT2D eigenvalue weighted by atomic mass is 16.5. The average Bonchev–Trinajstić information content (AvgIpc) is 2.69. The second-order valence-electron chi connectivity index (χ2n) is 5.94. The maximum absolute atomic E-state index is 12.1. The van der Waals surface area contributed by atoms with Gasteiger partial charge in [0.25, 0.3) is 5.56 Å². The van der Waals surface area contributed by atoms with Crippen LogP contribution in [-0.4, -0.2) is 26.6 Å². The molecule has 0 amide bonds. The van der Waals surface area contributed by atoms with Crippen molar-refractivity contribution in [2.24, 2.45) is 7.05 Å². The lowest BCUT2D eigenvalue weighted by Crippen LogP contribution is -2.42. The largest absolute Gasteiger partial charge is 0.370 e. The maximum atomic E-state index is 12.1. The summed E-state index contributed by atoms with van der Waals surface area (Å²) in [6.45, 7) is 5.70. The molecule has 2 rings (SSSR count). The molecule has 0 N–H and O–H groups in total. The van der Waals surface area contributed by atoms with E-state index in [0.717, 1.165) is 17.4 Å². The van der Waals surface area contributed by atoms with E-state index < -0.39 is 11.2 Å². The molecule has 0 aromatic carbocycles. The summed E-state index contributed by atoms with van der Waals surface area (Å²) >= 11 is 0. The summed E-state index contributed by atoms with van der Waals surface area (Å²) < 4.78 is 8.21. The van der Waals surface area contributed by atoms with Crippen LogP contribution in [0.25, 0.3) is 0 Å². The molecule has 1 aliphatic heterocycles. The van der Waals surface area contributed by atoms with Crippen LogP contribution in [0.1, 0.15) is 44.0 Å². The molecular weight excluding hydrogens is 260 g/mol. The second kappa shape index (κ2) is 5.01. The van der Waals surface area contributed by atoms with Gasteiger partial charge < -0.3 is 4.74 Å². The minimum Gasteiger partial charge on any atom is -0.370 e. The summed E-state index contributed by atoms with van der Waals surface area (Å²) in [6, 6.07) is 0. The number of nitrogens with zero attached hydrogens (tertiary/aromatic N) is 2. The third kappa shape index (κ3) is 2.75. The van der Waals surface area contributed by atoms with Crippen LogP contribution in [0.15, 0.2) is 15.8 Å². The fourth-order valence-electron chi connectivity index (χ4n) is 2.52. The van der Waals surface area contributed by atoms with E-state index in [-0.39, 0.29) is 23.1 Å². The van der Waals surface area contributed by atoms with E-state index in [2.05, 4.69) is 0 Å². The van der Waals surface area contributed by atoms with Gasteiger partial charge in [-0.05, 0) is 33.6 Å². The zero-order valence-corrected chi connectivity index (χ0v) is 12.3. The lowest BCUT2D eigenvalue weighted by atomic mass is 10.1. The van der Waals surface area contributed by atoms with Crippen LogP contribution in [0, 0.1) is 0 Å². The van der Waals surface area contributed by atoms with Gasteiger partial charge in [-0.25, -0.2) is 4.79 Å². The van der Waals surface area contributed by atoms with Gasteiger partial charge in [-0.1, -0.05) is 0 Å². The van der Waals surface area contributed by atoms with Crippen molar-refractivity contribution in [1.82, 2.24) is 9.13 Å². The van der Waals surface area contributed by atoms with Crippen molar-refractivity contribution >= 4 is 5.78 Å². The van der Waals surface area contributed by atoms with E-state index in [1.807, 2.05) is 13.8 Å². The van der Waals surface area contributed by atoms with E-state index in [9.17, 15) is 14.4 Å². The highest BCUT2D eigenvalue weighted by Gasteiger charge is 2.32. The highest BCUT2D eigenvalue weighted by Crippen LogP contribution is 2.29. The standard InChI is InChI=1S/C14H20N2O4/c1-9(17)11-8-16(13(19)15(4)12(11)18)7-10-5-6-14(2,3)20-10/h8,10H,5-7H2,1-4H3. The first kappa shape index (κ1) is 14.7. The Labute approximate surface area is 117 Å². The topological polar surface area (TPSA) is 70.3 Å². The van der Waals surface area contributed by atoms with Crippen molar-refractivity contribution in [2.45, 2.75) is 51.9 Å². The monoisotopic (exact) mass is 280 g/mol. The van der Waals surface area contributed by atoms with E-state index in [0.29, 0.717) is 6.54 Å². The fraction of sp³-hybridized carbons (Fsp3) is 0.643. The molecule has 0 spiro atoms. The van der Waals surface area contributed by atoms with Gasteiger partial charge >= 0.3 is 5.69 Å². The normalized spacial score (nSPS) is 21.1. The van der Waals surface area contributed by atoms with Crippen LogP contribution in [0.4, 0.5) is 0 Å². The van der Waals surface area contributed by atoms with Crippen molar-refractivity contribution in [3.05, 3.63) is 32.6 Å². The summed E-state index contributed by atoms with van der Waals surface area (Å²) in [6.07, 6.45) is 3.07. The summed E-state index contributed by atoms with van der Waals surface area (Å²) in [7, 11) is 1.38. The third-order valence-electron chi connectivity index (χ3n) is 3.69. The number of ketones is 1. The van der Waals surface area contributed by atoms with Crippen LogP contribution < -0.4 is 11.2 Å². The molecule has 6 heteroatoms. The predicted octanol–water partition coefficient (Wildman–Crippen LogP) is 0.707. The first-order chi connectivity index (χ1) is 9.21. The Balaban J connectivity index is 2.36. The number of hydrogen-bond donors (Lipinski definition) is 0. The molecule has 20 heavy (non-hydrogen) atoms. The van der Waals surface area contributed by atoms with Crippen molar-refractivity contribution in [2.75, 3.05) is 0 Å². The number of carbonyl (C=O) groups excluding carboxylic acids is 1. The van der Waals surface area contributed by atoms with Crippen molar-refractivity contribution in [1.29, 1.82) is 0 Å². The Morgan fingerprint density at radius 1 is 1.45 bits per heavy atom. The average molecular weight is 280 g/mol. The molecule has 1 unspecified atom stereocenters. The predicted molar refractivity (Wildman–Crippen MR) is 74.1 cm³/mol. The summed E-state index contributed by atoms with van der Waals surface area (Å²) in [5, 5.41) is 0. The summed E-state index contributed by atoms with van der Waals surface area (Å²) in [5.41, 5.74) is -1.12. The van der Waals surface area contributed by atoms with Crippen LogP contribution in [0.2, 0.25) is 0 Å². The zero-order valence-electron chi connectivity index (χ0n) is 12.3. The first-order valence-electron chi connectivity index (χ1n) is 6.70. The van der Waals surface area contributed by atoms with Gasteiger partial charge in [0, 0.05) is 13.2 Å². The molecule has 0 bridgehead atoms. The lowest BCUT2D eigenvalue weighted by molar-refractivity contribution is -0.0223. The molecule has 1 saturated heterocycles. The number of carbonyl (C=O) groups is 1. The second-order valence-corrected chi connectivity index (χ2v) is 5.94. The lowest BCUT2D eigenvalue weighted by Gasteiger charge is -2.20. The van der Waals surface area contributed by atoms with E-state index in [4.69, 9.17) is 4.74 Å². The fourth-order valence-corrected chi connectivity index (χ4v) is 2.52. The molecular formula is C14H20N2O4.